The lowest BCUT2D eigenvalue weighted by Crippen LogP contribution is -2.14. The molecule has 0 spiro atoms. The van der Waals surface area contributed by atoms with Gasteiger partial charge < -0.3 is 0 Å². The number of hydrogen-bond acceptors (Lipinski definition) is 6. The lowest BCUT2D eigenvalue weighted by molar-refractivity contribution is 0.611. The Balaban J connectivity index is 5.92. The van der Waals surface area contributed by atoms with E-state index in [2.05, 4.69) is 21.4 Å². The van der Waals surface area contributed by atoms with E-state index in [1.54, 1.807) is 0 Å². The SMILES string of the molecule is N=S(=O)(S(=O)(=O)Cl)S(=O)(=O)Cl. The first-order valence-corrected chi connectivity index (χ1v) is 8.89. The van der Waals surface area contributed by atoms with Gasteiger partial charge in [0.2, 0.25) is 0 Å². The van der Waals surface area contributed by atoms with Crippen LogP contribution >= 0.6 is 21.4 Å². The van der Waals surface area contributed by atoms with Crippen molar-refractivity contribution in [1.82, 2.24) is 0 Å². The van der Waals surface area contributed by atoms with E-state index in [0.717, 1.165) is 0 Å². The van der Waals surface area contributed by atoms with Gasteiger partial charge in [-0.1, -0.05) is 0 Å². The Hall–Kier alpha value is 0.430. The molecular weight excluding hydrogens is 261 g/mol. The highest BCUT2D eigenvalue weighted by molar-refractivity contribution is 9.07. The van der Waals surface area contributed by atoms with Crippen LogP contribution in [-0.2, 0) is 24.0 Å². The van der Waals surface area contributed by atoms with Gasteiger partial charge in [0.05, 0.1) is 0 Å². The largest absolute Gasteiger partial charge is 0.335 e. The second-order valence-electron chi connectivity index (χ2n) is 1.24. The molecule has 0 atom stereocenters. The fourth-order valence-corrected chi connectivity index (χ4v) is 6.99. The Morgan fingerprint density at radius 1 is 0.818 bits per heavy atom. The molecule has 68 valence electrons. The van der Waals surface area contributed by atoms with Crippen molar-refractivity contribution >= 4 is 45.3 Å². The second-order valence-corrected chi connectivity index (χ2v) is 13.3. The molecule has 0 aliphatic rings. The first-order chi connectivity index (χ1) is 4.50. The van der Waals surface area contributed by atoms with E-state index in [0.29, 0.717) is 0 Å². The van der Waals surface area contributed by atoms with Gasteiger partial charge in [0.15, 0.2) is 0 Å². The van der Waals surface area contributed by atoms with Gasteiger partial charge in [-0.15, -0.1) is 0 Å². The average Bonchev–Trinajstić information content (AvgIpc) is 1.58. The summed E-state index contributed by atoms with van der Waals surface area (Å²) in [6.07, 6.45) is 0. The van der Waals surface area contributed by atoms with Gasteiger partial charge in [-0.05, 0) is 0 Å². The normalized spacial score (nSPS) is 14.7. The summed E-state index contributed by atoms with van der Waals surface area (Å²) in [5.41, 5.74) is 0. The lowest BCUT2D eigenvalue weighted by Gasteiger charge is -1.95. The number of nitrogens with one attached hydrogen (secondary N) is 1. The topological polar surface area (TPSA) is 109 Å². The lowest BCUT2D eigenvalue weighted by atomic mass is 14.0. The highest BCUT2D eigenvalue weighted by atomic mass is 35.8. The van der Waals surface area contributed by atoms with Gasteiger partial charge in [0.1, 0.15) is 0 Å². The predicted molar refractivity (Wildman–Crippen MR) is 40.4 cm³/mol. The second kappa shape index (κ2) is 2.73. The Kier molecular flexibility index (Phi) is 2.84. The van der Waals surface area contributed by atoms with Gasteiger partial charge in [-0.2, -0.15) is 16.8 Å². The molecular formula is HCl2NO5S3. The van der Waals surface area contributed by atoms with Crippen molar-refractivity contribution in [2.75, 3.05) is 0 Å². The van der Waals surface area contributed by atoms with Crippen molar-refractivity contribution in [3.63, 3.8) is 0 Å². The molecule has 0 radical (unpaired) electrons. The first-order valence-electron chi connectivity index (χ1n) is 1.68. The molecule has 0 aliphatic carbocycles. The van der Waals surface area contributed by atoms with Gasteiger partial charge in [-0.25, -0.2) is 8.99 Å². The van der Waals surface area contributed by atoms with Crippen LogP contribution in [0.5, 0.6) is 0 Å². The summed E-state index contributed by atoms with van der Waals surface area (Å²) < 4.78 is 57.3. The van der Waals surface area contributed by atoms with E-state index in [4.69, 9.17) is 4.78 Å². The quantitative estimate of drug-likeness (QED) is 0.556. The van der Waals surface area contributed by atoms with Crippen LogP contribution in [0.3, 0.4) is 0 Å². The minimum absolute atomic E-state index is 4.36. The maximum Gasteiger partial charge on any atom is 0.335 e. The number of hydrogen-bond donors (Lipinski definition) is 1. The molecule has 0 aromatic carbocycles. The van der Waals surface area contributed by atoms with E-state index in [1.165, 1.54) is 0 Å². The molecule has 0 aromatic rings. The summed E-state index contributed by atoms with van der Waals surface area (Å²) in [5.74, 6) is 0. The van der Waals surface area contributed by atoms with Gasteiger partial charge in [-0.3, -0.25) is 0 Å². The Morgan fingerprint density at radius 3 is 1.00 bits per heavy atom. The third kappa shape index (κ3) is 2.18. The predicted octanol–water partition coefficient (Wildman–Crippen LogP) is 0.000370. The molecule has 0 bridgehead atoms. The van der Waals surface area contributed by atoms with Gasteiger partial charge in [0.25, 0.3) is 7.79 Å². The van der Waals surface area contributed by atoms with Crippen LogP contribution in [0.15, 0.2) is 0 Å². The monoisotopic (exact) mass is 261 g/mol. The standard InChI is InChI=1S/Cl2HNO5S3/c1-9(4,5)11(3,8)10(2,6)7/h3H. The molecule has 0 unspecified atom stereocenters. The summed E-state index contributed by atoms with van der Waals surface area (Å²) in [4.78, 5) is 0. The maximum absolute atomic E-state index is 10.5. The minimum Gasteiger partial charge on any atom is -0.225 e. The van der Waals surface area contributed by atoms with Crippen molar-refractivity contribution in [2.45, 2.75) is 0 Å². The Labute approximate surface area is 71.1 Å². The zero-order valence-corrected chi connectivity index (χ0v) is 8.48. The molecule has 0 rings (SSSR count). The highest BCUT2D eigenvalue weighted by Gasteiger charge is 2.36. The summed E-state index contributed by atoms with van der Waals surface area (Å²) in [7, 11) is -6.35. The molecule has 0 saturated carbocycles. The van der Waals surface area contributed by atoms with Crippen LogP contribution in [-0.4, -0.2) is 21.0 Å². The van der Waals surface area contributed by atoms with E-state index < -0.39 is 24.0 Å². The average molecular weight is 262 g/mol. The maximum atomic E-state index is 10.5. The third-order valence-electron chi connectivity index (χ3n) is 0.524. The molecule has 0 saturated heterocycles. The molecule has 6 nitrogen and oxygen atoms in total. The van der Waals surface area contributed by atoms with Crippen LogP contribution in [0.25, 0.3) is 0 Å². The van der Waals surface area contributed by atoms with Crippen molar-refractivity contribution in [2.24, 2.45) is 0 Å². The van der Waals surface area contributed by atoms with Crippen molar-refractivity contribution in [3.05, 3.63) is 0 Å². The molecule has 0 amide bonds. The van der Waals surface area contributed by atoms with Crippen LogP contribution in [0.2, 0.25) is 0 Å². The molecule has 11 heavy (non-hydrogen) atoms. The van der Waals surface area contributed by atoms with Crippen LogP contribution in [0.4, 0.5) is 0 Å². The summed E-state index contributed by atoms with van der Waals surface area (Å²) >= 11 is 0. The van der Waals surface area contributed by atoms with Crippen molar-refractivity contribution in [1.29, 1.82) is 4.78 Å². The summed E-state index contributed by atoms with van der Waals surface area (Å²) in [5, 5.41) is 0. The van der Waals surface area contributed by atoms with E-state index in [9.17, 15) is 21.0 Å². The first kappa shape index (κ1) is 11.4. The summed E-state index contributed by atoms with van der Waals surface area (Å²) in [6, 6.07) is 0. The molecule has 11 heteroatoms. The highest BCUT2D eigenvalue weighted by Crippen LogP contribution is 2.20. The third-order valence-corrected chi connectivity index (χ3v) is 12.5. The van der Waals surface area contributed by atoms with Crippen molar-refractivity contribution in [3.8, 4) is 0 Å². The number of halogens is 2. The molecule has 0 aliphatic heterocycles. The van der Waals surface area contributed by atoms with Crippen LogP contribution in [0, 0.1) is 4.78 Å². The number of rotatable bonds is 2. The van der Waals surface area contributed by atoms with Crippen LogP contribution in [0.1, 0.15) is 0 Å². The molecule has 0 fully saturated rings. The van der Waals surface area contributed by atoms with Crippen molar-refractivity contribution < 1.29 is 21.0 Å². The van der Waals surface area contributed by atoms with E-state index in [-0.39, 0.29) is 0 Å². The fourth-order valence-electron chi connectivity index (χ4n) is 0.0971. The zero-order chi connectivity index (χ0) is 9.50. The Morgan fingerprint density at radius 2 is 1.00 bits per heavy atom. The van der Waals surface area contributed by atoms with Gasteiger partial charge >= 0.3 is 16.2 Å². The molecule has 0 aromatic heterocycles. The van der Waals surface area contributed by atoms with E-state index in [1.807, 2.05) is 0 Å². The van der Waals surface area contributed by atoms with Crippen LogP contribution < -0.4 is 0 Å². The smallest absolute Gasteiger partial charge is 0.225 e. The zero-order valence-electron chi connectivity index (χ0n) is 4.52. The minimum atomic E-state index is -5.04. The fraction of sp³-hybridized carbons (Fsp3) is 0. The molecule has 1 N–H and O–H groups in total. The van der Waals surface area contributed by atoms with E-state index >= 15 is 0 Å². The summed E-state index contributed by atoms with van der Waals surface area (Å²) in [6.45, 7) is 0. The Bertz CT molecular complexity index is 398. The van der Waals surface area contributed by atoms with Gasteiger partial charge in [0, 0.05) is 21.4 Å². The molecule has 0 heterocycles.